The molecule has 25 heavy (non-hydrogen) atoms. The maximum absolute atomic E-state index is 11.9. The summed E-state index contributed by atoms with van der Waals surface area (Å²) >= 11 is 0. The van der Waals surface area contributed by atoms with Crippen molar-refractivity contribution in [2.45, 2.75) is 6.92 Å². The van der Waals surface area contributed by atoms with Crippen LogP contribution in [0.2, 0.25) is 0 Å². The Morgan fingerprint density at radius 3 is 2.60 bits per heavy atom. The summed E-state index contributed by atoms with van der Waals surface area (Å²) < 4.78 is 10.6. The van der Waals surface area contributed by atoms with Crippen molar-refractivity contribution in [3.8, 4) is 5.75 Å². The number of rotatable bonds is 6. The van der Waals surface area contributed by atoms with Gasteiger partial charge in [0.05, 0.1) is 12.7 Å². The molecule has 0 bridgehead atoms. The Morgan fingerprint density at radius 1 is 1.00 bits per heavy atom. The summed E-state index contributed by atoms with van der Waals surface area (Å²) in [4.78, 5) is 11.9. The molecular formula is C21H21NO3. The Labute approximate surface area is 147 Å². The second-order valence-corrected chi connectivity index (χ2v) is 5.82. The summed E-state index contributed by atoms with van der Waals surface area (Å²) in [7, 11) is 1.39. The van der Waals surface area contributed by atoms with Gasteiger partial charge in [-0.15, -0.1) is 0 Å². The SMILES string of the molecule is COC(=O)c1cc(C)ccc1NCCOc1ccc2ccccc2c1. The molecule has 0 heterocycles. The molecule has 0 saturated heterocycles. The van der Waals surface area contributed by atoms with Crippen molar-refractivity contribution in [1.29, 1.82) is 0 Å². The van der Waals surface area contributed by atoms with Gasteiger partial charge in [0.2, 0.25) is 0 Å². The number of carbonyl (C=O) groups excluding carboxylic acids is 1. The molecule has 0 unspecified atom stereocenters. The van der Waals surface area contributed by atoms with Crippen molar-refractivity contribution in [1.82, 2.24) is 0 Å². The topological polar surface area (TPSA) is 47.6 Å². The van der Waals surface area contributed by atoms with Crippen LogP contribution in [0.1, 0.15) is 15.9 Å². The van der Waals surface area contributed by atoms with E-state index in [2.05, 4.69) is 17.4 Å². The first-order chi connectivity index (χ1) is 12.2. The molecule has 128 valence electrons. The molecule has 0 radical (unpaired) electrons. The van der Waals surface area contributed by atoms with Crippen LogP contribution in [-0.4, -0.2) is 26.2 Å². The van der Waals surface area contributed by atoms with Crippen LogP contribution in [0.4, 0.5) is 5.69 Å². The summed E-state index contributed by atoms with van der Waals surface area (Å²) in [5.41, 5.74) is 2.30. The van der Waals surface area contributed by atoms with Gasteiger partial charge in [0.25, 0.3) is 0 Å². The largest absolute Gasteiger partial charge is 0.492 e. The Bertz CT molecular complexity index is 889. The van der Waals surface area contributed by atoms with Gasteiger partial charge in [-0.1, -0.05) is 42.0 Å². The van der Waals surface area contributed by atoms with Gasteiger partial charge in [-0.3, -0.25) is 0 Å². The highest BCUT2D eigenvalue weighted by Gasteiger charge is 2.11. The molecule has 0 aliphatic heterocycles. The van der Waals surface area contributed by atoms with Crippen LogP contribution in [-0.2, 0) is 4.74 Å². The number of methoxy groups -OCH3 is 1. The smallest absolute Gasteiger partial charge is 0.339 e. The summed E-state index contributed by atoms with van der Waals surface area (Å²) in [6, 6.07) is 19.9. The molecule has 3 rings (SSSR count). The van der Waals surface area contributed by atoms with E-state index < -0.39 is 0 Å². The fraction of sp³-hybridized carbons (Fsp3) is 0.190. The predicted molar refractivity (Wildman–Crippen MR) is 100 cm³/mol. The number of aryl methyl sites for hydroxylation is 1. The van der Waals surface area contributed by atoms with E-state index in [1.807, 2.05) is 55.5 Å². The number of nitrogens with one attached hydrogen (secondary N) is 1. The lowest BCUT2D eigenvalue weighted by atomic mass is 10.1. The molecule has 1 N–H and O–H groups in total. The van der Waals surface area contributed by atoms with E-state index in [0.717, 1.165) is 22.4 Å². The molecule has 3 aromatic carbocycles. The molecule has 0 aromatic heterocycles. The Morgan fingerprint density at radius 2 is 1.80 bits per heavy atom. The third-order valence-corrected chi connectivity index (χ3v) is 3.99. The van der Waals surface area contributed by atoms with Crippen molar-refractivity contribution in [3.63, 3.8) is 0 Å². The molecule has 0 amide bonds. The fourth-order valence-electron chi connectivity index (χ4n) is 2.70. The summed E-state index contributed by atoms with van der Waals surface area (Å²) in [5, 5.41) is 5.58. The zero-order valence-corrected chi connectivity index (χ0v) is 14.4. The lowest BCUT2D eigenvalue weighted by Crippen LogP contribution is -2.14. The van der Waals surface area contributed by atoms with Crippen molar-refractivity contribution in [3.05, 3.63) is 71.8 Å². The van der Waals surface area contributed by atoms with Crippen molar-refractivity contribution in [2.75, 3.05) is 25.6 Å². The first kappa shape index (κ1) is 16.8. The molecule has 4 nitrogen and oxygen atoms in total. The molecule has 0 spiro atoms. The second-order valence-electron chi connectivity index (χ2n) is 5.82. The van der Waals surface area contributed by atoms with Crippen LogP contribution in [0.3, 0.4) is 0 Å². The normalized spacial score (nSPS) is 10.5. The van der Waals surface area contributed by atoms with Gasteiger partial charge >= 0.3 is 5.97 Å². The van der Waals surface area contributed by atoms with E-state index in [-0.39, 0.29) is 5.97 Å². The van der Waals surface area contributed by atoms with Crippen LogP contribution in [0.5, 0.6) is 5.75 Å². The first-order valence-electron chi connectivity index (χ1n) is 8.22. The fourth-order valence-corrected chi connectivity index (χ4v) is 2.70. The van der Waals surface area contributed by atoms with Gasteiger partial charge in [0, 0.05) is 12.2 Å². The van der Waals surface area contributed by atoms with Gasteiger partial charge in [0.15, 0.2) is 0 Å². The number of benzene rings is 3. The Kier molecular flexibility index (Phi) is 5.19. The standard InChI is InChI=1S/C21H21NO3/c1-15-7-10-20(19(13-15)21(23)24-2)22-11-12-25-18-9-8-16-5-3-4-6-17(16)14-18/h3-10,13-14,22H,11-12H2,1-2H3. The molecule has 0 saturated carbocycles. The molecule has 4 heteroatoms. The van der Waals surface area contributed by atoms with Crippen molar-refractivity contribution >= 4 is 22.4 Å². The maximum atomic E-state index is 11.9. The van der Waals surface area contributed by atoms with E-state index in [4.69, 9.17) is 9.47 Å². The maximum Gasteiger partial charge on any atom is 0.339 e. The number of fused-ring (bicyclic) bond motifs is 1. The third kappa shape index (κ3) is 4.10. The molecular weight excluding hydrogens is 314 g/mol. The lowest BCUT2D eigenvalue weighted by molar-refractivity contribution is 0.0601. The Hall–Kier alpha value is -3.01. The minimum Gasteiger partial charge on any atom is -0.492 e. The minimum atomic E-state index is -0.346. The van der Waals surface area contributed by atoms with Gasteiger partial charge < -0.3 is 14.8 Å². The number of anilines is 1. The van der Waals surface area contributed by atoms with Gasteiger partial charge in [0.1, 0.15) is 12.4 Å². The van der Waals surface area contributed by atoms with Crippen molar-refractivity contribution in [2.24, 2.45) is 0 Å². The highest BCUT2D eigenvalue weighted by atomic mass is 16.5. The highest BCUT2D eigenvalue weighted by molar-refractivity contribution is 5.95. The summed E-state index contributed by atoms with van der Waals surface area (Å²) in [6.07, 6.45) is 0. The van der Waals surface area contributed by atoms with E-state index in [1.165, 1.54) is 12.5 Å². The zero-order chi connectivity index (χ0) is 17.6. The summed E-state index contributed by atoms with van der Waals surface area (Å²) in [5.74, 6) is 0.485. The van der Waals surface area contributed by atoms with E-state index in [0.29, 0.717) is 18.7 Å². The number of ether oxygens (including phenoxy) is 2. The van der Waals surface area contributed by atoms with Crippen LogP contribution >= 0.6 is 0 Å². The molecule has 0 fully saturated rings. The average Bonchev–Trinajstić information content (AvgIpc) is 2.65. The predicted octanol–water partition coefficient (Wildman–Crippen LogP) is 4.43. The van der Waals surface area contributed by atoms with E-state index in [1.54, 1.807) is 0 Å². The third-order valence-electron chi connectivity index (χ3n) is 3.99. The number of hydrogen-bond acceptors (Lipinski definition) is 4. The van der Waals surface area contributed by atoms with Gasteiger partial charge in [-0.05, 0) is 42.0 Å². The molecule has 3 aromatic rings. The van der Waals surface area contributed by atoms with E-state index in [9.17, 15) is 4.79 Å². The van der Waals surface area contributed by atoms with Crippen molar-refractivity contribution < 1.29 is 14.3 Å². The summed E-state index contributed by atoms with van der Waals surface area (Å²) in [6.45, 7) is 3.02. The average molecular weight is 335 g/mol. The number of carbonyl (C=O) groups is 1. The molecule has 0 aliphatic carbocycles. The van der Waals surface area contributed by atoms with Crippen LogP contribution in [0.25, 0.3) is 10.8 Å². The van der Waals surface area contributed by atoms with Crippen LogP contribution in [0.15, 0.2) is 60.7 Å². The monoisotopic (exact) mass is 335 g/mol. The highest BCUT2D eigenvalue weighted by Crippen LogP contribution is 2.21. The van der Waals surface area contributed by atoms with Gasteiger partial charge in [-0.2, -0.15) is 0 Å². The zero-order valence-electron chi connectivity index (χ0n) is 14.4. The molecule has 0 aliphatic rings. The van der Waals surface area contributed by atoms with Gasteiger partial charge in [-0.25, -0.2) is 4.79 Å². The minimum absolute atomic E-state index is 0.346. The molecule has 0 atom stereocenters. The van der Waals surface area contributed by atoms with Crippen LogP contribution < -0.4 is 10.1 Å². The second kappa shape index (κ2) is 7.71. The number of hydrogen-bond donors (Lipinski definition) is 1. The lowest BCUT2D eigenvalue weighted by Gasteiger charge is -2.12. The van der Waals surface area contributed by atoms with E-state index >= 15 is 0 Å². The number of esters is 1. The first-order valence-corrected chi connectivity index (χ1v) is 8.22. The quantitative estimate of drug-likeness (QED) is 0.535. The van der Waals surface area contributed by atoms with Crippen LogP contribution in [0, 0.1) is 6.92 Å². The Balaban J connectivity index is 1.60.